The van der Waals surface area contributed by atoms with Crippen molar-refractivity contribution in [1.29, 1.82) is 0 Å². The number of hydrogen-bond acceptors (Lipinski definition) is 4. The summed E-state index contributed by atoms with van der Waals surface area (Å²) in [5, 5.41) is 4.89. The van der Waals surface area contributed by atoms with Crippen LogP contribution in [-0.4, -0.2) is 25.1 Å². The van der Waals surface area contributed by atoms with E-state index in [1.165, 1.54) is 14.2 Å². The molecule has 0 atom stereocenters. The van der Waals surface area contributed by atoms with Gasteiger partial charge in [0, 0.05) is 17.6 Å². The minimum absolute atomic E-state index is 0.335. The zero-order valence-corrected chi connectivity index (χ0v) is 13.9. The molecule has 1 heterocycles. The third kappa shape index (κ3) is 2.98. The highest BCUT2D eigenvalue weighted by molar-refractivity contribution is 6.32. The van der Waals surface area contributed by atoms with Crippen molar-refractivity contribution in [2.45, 2.75) is 0 Å². The Kier molecular flexibility index (Phi) is 4.53. The van der Waals surface area contributed by atoms with Gasteiger partial charge in [0.05, 0.1) is 24.9 Å². The van der Waals surface area contributed by atoms with Gasteiger partial charge < -0.3 is 14.8 Å². The van der Waals surface area contributed by atoms with Crippen molar-refractivity contribution >= 4 is 34.0 Å². The standard InChI is InChI=1S/C18H15ClN2O3/c1-23-15-10-16(24-2)14(9-13(15)19)21-18(22)17-12-6-4-3-5-11(12)7-8-20-17/h3-10H,1-2H3,(H,21,22). The highest BCUT2D eigenvalue weighted by atomic mass is 35.5. The number of rotatable bonds is 4. The van der Waals surface area contributed by atoms with Gasteiger partial charge in [-0.05, 0) is 17.5 Å². The van der Waals surface area contributed by atoms with Crippen LogP contribution in [0.1, 0.15) is 10.5 Å². The Hall–Kier alpha value is -2.79. The van der Waals surface area contributed by atoms with Crippen molar-refractivity contribution in [1.82, 2.24) is 4.98 Å². The maximum atomic E-state index is 12.7. The van der Waals surface area contributed by atoms with E-state index < -0.39 is 0 Å². The number of nitrogens with one attached hydrogen (secondary N) is 1. The molecule has 3 aromatic rings. The summed E-state index contributed by atoms with van der Waals surface area (Å²) in [4.78, 5) is 16.9. The predicted octanol–water partition coefficient (Wildman–Crippen LogP) is 4.16. The third-order valence-electron chi connectivity index (χ3n) is 3.61. The van der Waals surface area contributed by atoms with Crippen molar-refractivity contribution in [3.05, 3.63) is 59.4 Å². The van der Waals surface area contributed by atoms with E-state index in [-0.39, 0.29) is 5.91 Å². The summed E-state index contributed by atoms with van der Waals surface area (Å²) in [6, 6.07) is 12.6. The van der Waals surface area contributed by atoms with Crippen LogP contribution in [0.15, 0.2) is 48.7 Å². The molecule has 0 saturated heterocycles. The normalized spacial score (nSPS) is 10.5. The first-order valence-corrected chi connectivity index (χ1v) is 7.58. The summed E-state index contributed by atoms with van der Waals surface area (Å²) < 4.78 is 10.4. The van der Waals surface area contributed by atoms with Crippen molar-refractivity contribution in [2.24, 2.45) is 0 Å². The molecule has 5 nitrogen and oxygen atoms in total. The van der Waals surface area contributed by atoms with E-state index in [0.717, 1.165) is 10.8 Å². The number of nitrogens with zero attached hydrogens (tertiary/aromatic N) is 1. The van der Waals surface area contributed by atoms with E-state index in [1.807, 2.05) is 30.3 Å². The highest BCUT2D eigenvalue weighted by Gasteiger charge is 2.16. The molecule has 0 saturated carbocycles. The summed E-state index contributed by atoms with van der Waals surface area (Å²) in [6.45, 7) is 0. The molecule has 0 aliphatic rings. The van der Waals surface area contributed by atoms with Gasteiger partial charge in [0.15, 0.2) is 0 Å². The van der Waals surface area contributed by atoms with Gasteiger partial charge in [-0.1, -0.05) is 35.9 Å². The minimum atomic E-state index is -0.341. The molecule has 0 aliphatic heterocycles. The molecular formula is C18H15ClN2O3. The lowest BCUT2D eigenvalue weighted by Crippen LogP contribution is -2.15. The molecule has 1 aromatic heterocycles. The molecule has 0 bridgehead atoms. The van der Waals surface area contributed by atoms with Crippen LogP contribution >= 0.6 is 11.6 Å². The van der Waals surface area contributed by atoms with Gasteiger partial charge in [0.25, 0.3) is 5.91 Å². The van der Waals surface area contributed by atoms with Gasteiger partial charge in [-0.15, -0.1) is 0 Å². The molecule has 3 rings (SSSR count). The Morgan fingerprint density at radius 2 is 1.83 bits per heavy atom. The van der Waals surface area contributed by atoms with Crippen LogP contribution in [-0.2, 0) is 0 Å². The molecule has 0 radical (unpaired) electrons. The fourth-order valence-electron chi connectivity index (χ4n) is 2.44. The molecule has 122 valence electrons. The molecule has 2 aromatic carbocycles. The molecule has 1 amide bonds. The van der Waals surface area contributed by atoms with Crippen molar-refractivity contribution < 1.29 is 14.3 Å². The third-order valence-corrected chi connectivity index (χ3v) is 3.91. The maximum Gasteiger partial charge on any atom is 0.275 e. The fourth-order valence-corrected chi connectivity index (χ4v) is 2.68. The summed E-state index contributed by atoms with van der Waals surface area (Å²) in [7, 11) is 3.02. The van der Waals surface area contributed by atoms with Crippen LogP contribution in [0, 0.1) is 0 Å². The number of methoxy groups -OCH3 is 2. The summed E-state index contributed by atoms with van der Waals surface area (Å²) in [5.74, 6) is 0.575. The Morgan fingerprint density at radius 3 is 2.58 bits per heavy atom. The van der Waals surface area contributed by atoms with Crippen LogP contribution < -0.4 is 14.8 Å². The smallest absolute Gasteiger partial charge is 0.275 e. The Bertz CT molecular complexity index is 907. The molecule has 0 unspecified atom stereocenters. The molecule has 0 fully saturated rings. The zero-order valence-electron chi connectivity index (χ0n) is 13.2. The van der Waals surface area contributed by atoms with Crippen LogP contribution in [0.5, 0.6) is 11.5 Å². The summed E-state index contributed by atoms with van der Waals surface area (Å²) >= 11 is 6.14. The van der Waals surface area contributed by atoms with E-state index in [4.69, 9.17) is 21.1 Å². The number of carbonyl (C=O) groups excluding carboxylic acids is 1. The molecule has 24 heavy (non-hydrogen) atoms. The number of benzene rings is 2. The van der Waals surface area contributed by atoms with Crippen LogP contribution in [0.2, 0.25) is 5.02 Å². The zero-order chi connectivity index (χ0) is 17.1. The number of anilines is 1. The van der Waals surface area contributed by atoms with E-state index >= 15 is 0 Å². The average molecular weight is 343 g/mol. The molecular weight excluding hydrogens is 328 g/mol. The van der Waals surface area contributed by atoms with Gasteiger partial charge in [-0.3, -0.25) is 9.78 Å². The number of ether oxygens (including phenoxy) is 2. The van der Waals surface area contributed by atoms with Gasteiger partial charge in [-0.2, -0.15) is 0 Å². The van der Waals surface area contributed by atoms with Crippen LogP contribution in [0.25, 0.3) is 10.8 Å². The lowest BCUT2D eigenvalue weighted by molar-refractivity contribution is 0.102. The summed E-state index contributed by atoms with van der Waals surface area (Å²) in [5.41, 5.74) is 0.783. The van der Waals surface area contributed by atoms with E-state index in [9.17, 15) is 4.79 Å². The number of pyridine rings is 1. The molecule has 6 heteroatoms. The van der Waals surface area contributed by atoms with Gasteiger partial charge >= 0.3 is 0 Å². The first-order valence-electron chi connectivity index (χ1n) is 7.20. The number of carbonyl (C=O) groups is 1. The monoisotopic (exact) mass is 342 g/mol. The Labute approximate surface area is 144 Å². The van der Waals surface area contributed by atoms with E-state index in [1.54, 1.807) is 18.3 Å². The number of halogens is 1. The van der Waals surface area contributed by atoms with E-state index in [2.05, 4.69) is 10.3 Å². The van der Waals surface area contributed by atoms with E-state index in [0.29, 0.717) is 27.9 Å². The maximum absolute atomic E-state index is 12.7. The van der Waals surface area contributed by atoms with Gasteiger partial charge in [0.1, 0.15) is 17.2 Å². The first-order chi connectivity index (χ1) is 11.6. The highest BCUT2D eigenvalue weighted by Crippen LogP contribution is 2.36. The largest absolute Gasteiger partial charge is 0.495 e. The van der Waals surface area contributed by atoms with Gasteiger partial charge in [0.2, 0.25) is 0 Å². The minimum Gasteiger partial charge on any atom is -0.495 e. The lowest BCUT2D eigenvalue weighted by atomic mass is 10.1. The van der Waals surface area contributed by atoms with Gasteiger partial charge in [-0.25, -0.2) is 0 Å². The topological polar surface area (TPSA) is 60.5 Å². The predicted molar refractivity (Wildman–Crippen MR) is 94.3 cm³/mol. The fraction of sp³-hybridized carbons (Fsp3) is 0.111. The second-order valence-corrected chi connectivity index (χ2v) is 5.43. The second-order valence-electron chi connectivity index (χ2n) is 5.02. The Balaban J connectivity index is 1.99. The second kappa shape index (κ2) is 6.76. The van der Waals surface area contributed by atoms with Crippen LogP contribution in [0.4, 0.5) is 5.69 Å². The number of aromatic nitrogens is 1. The quantitative estimate of drug-likeness (QED) is 0.773. The molecule has 0 spiro atoms. The van der Waals surface area contributed by atoms with Crippen molar-refractivity contribution in [3.63, 3.8) is 0 Å². The average Bonchev–Trinajstić information content (AvgIpc) is 2.61. The number of fused-ring (bicyclic) bond motifs is 1. The van der Waals surface area contributed by atoms with Crippen molar-refractivity contribution in [2.75, 3.05) is 19.5 Å². The molecule has 1 N–H and O–H groups in total. The first kappa shape index (κ1) is 16.1. The summed E-state index contributed by atoms with van der Waals surface area (Å²) in [6.07, 6.45) is 1.61. The Morgan fingerprint density at radius 1 is 1.08 bits per heavy atom. The number of hydrogen-bond donors (Lipinski definition) is 1. The molecule has 0 aliphatic carbocycles. The van der Waals surface area contributed by atoms with Crippen LogP contribution in [0.3, 0.4) is 0 Å². The lowest BCUT2D eigenvalue weighted by Gasteiger charge is -2.13. The number of amides is 1. The van der Waals surface area contributed by atoms with Crippen molar-refractivity contribution in [3.8, 4) is 11.5 Å². The SMILES string of the molecule is COc1cc(OC)c(NC(=O)c2nccc3ccccc23)cc1Cl.